The second-order valence-electron chi connectivity index (χ2n) is 4.86. The van der Waals surface area contributed by atoms with E-state index in [1.165, 1.54) is 0 Å². The fourth-order valence-corrected chi connectivity index (χ4v) is 1.46. The number of aliphatic hydroxyl groups is 2. The molecule has 0 heterocycles. The maximum Gasteiger partial charge on any atom is 0.125 e. The number of benzene rings is 1. The molecule has 2 N–H and O–H groups in total. The number of hydrogen-bond acceptors (Lipinski definition) is 3. The van der Waals surface area contributed by atoms with Gasteiger partial charge in [0.05, 0.1) is 11.7 Å². The fourth-order valence-electron chi connectivity index (χ4n) is 1.46. The van der Waals surface area contributed by atoms with Gasteiger partial charge in [0.1, 0.15) is 12.4 Å². The summed E-state index contributed by atoms with van der Waals surface area (Å²) in [4.78, 5) is 0. The van der Waals surface area contributed by atoms with Crippen LogP contribution in [0, 0.1) is 6.92 Å². The Morgan fingerprint density at radius 2 is 2.06 bits per heavy atom. The summed E-state index contributed by atoms with van der Waals surface area (Å²) < 4.78 is 5.60. The molecule has 3 nitrogen and oxygen atoms in total. The van der Waals surface area contributed by atoms with E-state index in [9.17, 15) is 10.2 Å². The first-order chi connectivity index (χ1) is 7.85. The van der Waals surface area contributed by atoms with Crippen molar-refractivity contribution in [1.82, 2.24) is 0 Å². The first-order valence-electron chi connectivity index (χ1n) is 5.99. The molecular weight excluding hydrogens is 216 g/mol. The Morgan fingerprint density at radius 1 is 1.41 bits per heavy atom. The molecule has 0 fully saturated rings. The highest BCUT2D eigenvalue weighted by Gasteiger charge is 2.19. The minimum absolute atomic E-state index is 0.228. The normalized spacial score (nSPS) is 16.4. The van der Waals surface area contributed by atoms with Crippen LogP contribution >= 0.6 is 0 Å². The van der Waals surface area contributed by atoms with Gasteiger partial charge in [-0.15, -0.1) is 0 Å². The molecule has 0 bridgehead atoms. The molecule has 0 amide bonds. The van der Waals surface area contributed by atoms with Gasteiger partial charge in [0, 0.05) is 5.56 Å². The number of hydrogen-bond donors (Lipinski definition) is 2. The second-order valence-corrected chi connectivity index (χ2v) is 4.86. The van der Waals surface area contributed by atoms with Crippen molar-refractivity contribution in [2.24, 2.45) is 0 Å². The molecule has 17 heavy (non-hydrogen) atoms. The Bertz CT molecular complexity index is 370. The van der Waals surface area contributed by atoms with Crippen LogP contribution in [0.15, 0.2) is 18.2 Å². The number of ether oxygens (including phenoxy) is 1. The van der Waals surface area contributed by atoms with Crippen molar-refractivity contribution in [3.8, 4) is 5.75 Å². The molecule has 0 spiro atoms. The summed E-state index contributed by atoms with van der Waals surface area (Å²) in [6, 6.07) is 5.67. The van der Waals surface area contributed by atoms with E-state index >= 15 is 0 Å². The molecule has 1 aromatic rings. The lowest BCUT2D eigenvalue weighted by Crippen LogP contribution is -2.31. The van der Waals surface area contributed by atoms with Gasteiger partial charge in [-0.1, -0.05) is 18.6 Å². The largest absolute Gasteiger partial charge is 0.490 e. The van der Waals surface area contributed by atoms with Gasteiger partial charge in [-0.3, -0.25) is 0 Å². The van der Waals surface area contributed by atoms with E-state index < -0.39 is 11.7 Å². The van der Waals surface area contributed by atoms with E-state index in [1.807, 2.05) is 32.0 Å². The third kappa shape index (κ3) is 4.02. The lowest BCUT2D eigenvalue weighted by molar-refractivity contribution is 0.00746. The van der Waals surface area contributed by atoms with E-state index in [1.54, 1.807) is 13.8 Å². The predicted molar refractivity (Wildman–Crippen MR) is 68.2 cm³/mol. The quantitative estimate of drug-likeness (QED) is 0.829. The van der Waals surface area contributed by atoms with Crippen molar-refractivity contribution < 1.29 is 14.9 Å². The van der Waals surface area contributed by atoms with Gasteiger partial charge in [0.25, 0.3) is 0 Å². The van der Waals surface area contributed by atoms with Crippen LogP contribution in [0.3, 0.4) is 0 Å². The topological polar surface area (TPSA) is 49.7 Å². The van der Waals surface area contributed by atoms with Crippen LogP contribution < -0.4 is 4.74 Å². The van der Waals surface area contributed by atoms with Gasteiger partial charge in [0.2, 0.25) is 0 Å². The molecule has 0 aliphatic carbocycles. The first kappa shape index (κ1) is 14.0. The van der Waals surface area contributed by atoms with Crippen LogP contribution in [0.4, 0.5) is 0 Å². The molecule has 0 radical (unpaired) electrons. The maximum atomic E-state index is 9.88. The molecule has 0 saturated carbocycles. The van der Waals surface area contributed by atoms with Gasteiger partial charge in [0.15, 0.2) is 0 Å². The highest BCUT2D eigenvalue weighted by molar-refractivity contribution is 5.38. The Hall–Kier alpha value is -1.06. The van der Waals surface area contributed by atoms with Crippen LogP contribution in [0.2, 0.25) is 0 Å². The minimum atomic E-state index is -0.832. The average molecular weight is 238 g/mol. The second kappa shape index (κ2) is 5.52. The smallest absolute Gasteiger partial charge is 0.125 e. The summed E-state index contributed by atoms with van der Waals surface area (Å²) in [6.45, 7) is 7.56. The molecule has 3 heteroatoms. The van der Waals surface area contributed by atoms with Crippen LogP contribution in [0.5, 0.6) is 5.75 Å². The monoisotopic (exact) mass is 238 g/mol. The van der Waals surface area contributed by atoms with Gasteiger partial charge in [-0.05, 0) is 39.3 Å². The van der Waals surface area contributed by atoms with Gasteiger partial charge >= 0.3 is 0 Å². The highest BCUT2D eigenvalue weighted by atomic mass is 16.5. The number of aryl methyl sites for hydroxylation is 1. The van der Waals surface area contributed by atoms with Crippen molar-refractivity contribution in [3.05, 3.63) is 29.3 Å². The SMILES string of the molecule is CCC(C)(O)COc1ccc(C)cc1C(C)O. The molecule has 2 unspecified atom stereocenters. The summed E-state index contributed by atoms with van der Waals surface area (Å²) in [6.07, 6.45) is 0.0551. The summed E-state index contributed by atoms with van der Waals surface area (Å²) >= 11 is 0. The zero-order valence-corrected chi connectivity index (χ0v) is 11.0. The molecule has 1 rings (SSSR count). The third-order valence-corrected chi connectivity index (χ3v) is 2.92. The molecule has 0 aliphatic rings. The summed E-state index contributed by atoms with van der Waals surface area (Å²) in [7, 11) is 0. The highest BCUT2D eigenvalue weighted by Crippen LogP contribution is 2.27. The van der Waals surface area contributed by atoms with Gasteiger partial charge in [-0.25, -0.2) is 0 Å². The molecule has 2 atom stereocenters. The molecule has 0 aliphatic heterocycles. The number of aliphatic hydroxyl groups excluding tert-OH is 1. The molecule has 1 aromatic carbocycles. The van der Waals surface area contributed by atoms with Crippen LogP contribution in [0.25, 0.3) is 0 Å². The van der Waals surface area contributed by atoms with E-state index in [-0.39, 0.29) is 6.61 Å². The molecule has 0 aromatic heterocycles. The minimum Gasteiger partial charge on any atom is -0.490 e. The fraction of sp³-hybridized carbons (Fsp3) is 0.571. The Balaban J connectivity index is 2.84. The van der Waals surface area contributed by atoms with Crippen molar-refractivity contribution in [2.75, 3.05) is 6.61 Å². The van der Waals surface area contributed by atoms with Crippen molar-refractivity contribution in [2.45, 2.75) is 45.8 Å². The van der Waals surface area contributed by atoms with E-state index in [0.717, 1.165) is 11.1 Å². The standard InChI is InChI=1S/C14H22O3/c1-5-14(4,16)9-17-13-7-6-10(2)8-12(13)11(3)15/h6-8,11,15-16H,5,9H2,1-4H3. The van der Waals surface area contributed by atoms with E-state index in [0.29, 0.717) is 12.2 Å². The lowest BCUT2D eigenvalue weighted by atomic mass is 10.0. The van der Waals surface area contributed by atoms with Crippen molar-refractivity contribution >= 4 is 0 Å². The van der Waals surface area contributed by atoms with Crippen LogP contribution in [0.1, 0.15) is 44.4 Å². The van der Waals surface area contributed by atoms with Crippen LogP contribution in [-0.4, -0.2) is 22.4 Å². The first-order valence-corrected chi connectivity index (χ1v) is 5.99. The van der Waals surface area contributed by atoms with Crippen molar-refractivity contribution in [1.29, 1.82) is 0 Å². The summed E-state index contributed by atoms with van der Waals surface area (Å²) in [5, 5.41) is 19.6. The molecule has 96 valence electrons. The Labute approximate surface area is 103 Å². The van der Waals surface area contributed by atoms with E-state index in [2.05, 4.69) is 0 Å². The van der Waals surface area contributed by atoms with Gasteiger partial charge < -0.3 is 14.9 Å². The predicted octanol–water partition coefficient (Wildman–Crippen LogP) is 2.59. The summed E-state index contributed by atoms with van der Waals surface area (Å²) in [5.41, 5.74) is 1.01. The maximum absolute atomic E-state index is 9.88. The Morgan fingerprint density at radius 3 is 2.59 bits per heavy atom. The molecule has 0 saturated heterocycles. The zero-order valence-electron chi connectivity index (χ0n) is 11.0. The number of rotatable bonds is 5. The molecular formula is C14H22O3. The van der Waals surface area contributed by atoms with Crippen molar-refractivity contribution in [3.63, 3.8) is 0 Å². The zero-order chi connectivity index (χ0) is 13.1. The average Bonchev–Trinajstić information content (AvgIpc) is 2.27. The van der Waals surface area contributed by atoms with Crippen LogP contribution in [-0.2, 0) is 0 Å². The van der Waals surface area contributed by atoms with E-state index in [4.69, 9.17) is 4.74 Å². The Kier molecular flexibility index (Phi) is 4.54. The third-order valence-electron chi connectivity index (χ3n) is 2.92. The lowest BCUT2D eigenvalue weighted by Gasteiger charge is -2.23. The van der Waals surface area contributed by atoms with Gasteiger partial charge in [-0.2, -0.15) is 0 Å². The summed E-state index contributed by atoms with van der Waals surface area (Å²) in [5.74, 6) is 0.638.